The van der Waals surface area contributed by atoms with Gasteiger partial charge in [0.15, 0.2) is 0 Å². The monoisotopic (exact) mass is 392 g/mol. The van der Waals surface area contributed by atoms with Crippen molar-refractivity contribution in [1.82, 2.24) is 20.2 Å². The molecule has 2 heterocycles. The number of β-amino-alcohol motifs (C(OH)–C–C–N with tert-alkyl or cyclic N) is 1. The topological polar surface area (TPSA) is 98.3 Å². The number of piperidine rings is 1. The van der Waals surface area contributed by atoms with E-state index in [4.69, 9.17) is 0 Å². The maximum absolute atomic E-state index is 12.6. The Morgan fingerprint density at radius 2 is 1.90 bits per heavy atom. The lowest BCUT2D eigenvalue weighted by Gasteiger charge is -2.36. The lowest BCUT2D eigenvalue weighted by molar-refractivity contribution is -0.134. The Balaban J connectivity index is 1.28. The maximum atomic E-state index is 12.6. The number of aromatic amines is 1. The van der Waals surface area contributed by atoms with Crippen LogP contribution in [0.4, 0.5) is 0 Å². The Kier molecular flexibility index (Phi) is 5.57. The fourth-order valence-electron chi connectivity index (χ4n) is 3.68. The van der Waals surface area contributed by atoms with Crippen LogP contribution in [0.5, 0.6) is 0 Å². The van der Waals surface area contributed by atoms with E-state index < -0.39 is 6.10 Å². The van der Waals surface area contributed by atoms with E-state index >= 15 is 0 Å². The lowest BCUT2D eigenvalue weighted by Crippen LogP contribution is -2.55. The van der Waals surface area contributed by atoms with Gasteiger partial charge in [0.2, 0.25) is 5.91 Å². The van der Waals surface area contributed by atoms with Gasteiger partial charge in [-0.1, -0.05) is 30.3 Å². The molecule has 1 saturated heterocycles. The van der Waals surface area contributed by atoms with Gasteiger partial charge in [0.1, 0.15) is 5.82 Å². The minimum Gasteiger partial charge on any atom is -0.389 e. The summed E-state index contributed by atoms with van der Waals surface area (Å²) < 4.78 is 0. The number of aliphatic hydroxyl groups excluding tert-OH is 1. The van der Waals surface area contributed by atoms with Gasteiger partial charge in [-0.25, -0.2) is 4.98 Å². The third kappa shape index (κ3) is 4.46. The van der Waals surface area contributed by atoms with E-state index in [2.05, 4.69) is 15.3 Å². The summed E-state index contributed by atoms with van der Waals surface area (Å²) in [4.78, 5) is 34.3. The van der Waals surface area contributed by atoms with Crippen LogP contribution < -0.4 is 5.32 Å². The largest absolute Gasteiger partial charge is 0.389 e. The van der Waals surface area contributed by atoms with Gasteiger partial charge < -0.3 is 20.3 Å². The number of para-hydroxylation sites is 2. The third-order valence-electron chi connectivity index (χ3n) is 5.30. The number of carbonyl (C=O) groups is 2. The highest BCUT2D eigenvalue weighted by molar-refractivity contribution is 5.94. The van der Waals surface area contributed by atoms with Gasteiger partial charge in [0.05, 0.1) is 23.2 Å². The van der Waals surface area contributed by atoms with E-state index in [0.29, 0.717) is 31.4 Å². The fraction of sp³-hybridized carbons (Fsp3) is 0.318. The molecule has 1 fully saturated rings. The van der Waals surface area contributed by atoms with Crippen LogP contribution in [0.3, 0.4) is 0 Å². The van der Waals surface area contributed by atoms with Crippen LogP contribution in [0.2, 0.25) is 0 Å². The van der Waals surface area contributed by atoms with E-state index in [1.54, 1.807) is 29.2 Å². The number of hydrogen-bond acceptors (Lipinski definition) is 4. The Hall–Kier alpha value is -3.19. The van der Waals surface area contributed by atoms with Crippen molar-refractivity contribution in [3.8, 4) is 0 Å². The first-order valence-electron chi connectivity index (χ1n) is 9.85. The summed E-state index contributed by atoms with van der Waals surface area (Å²) in [6, 6.07) is 16.3. The Morgan fingerprint density at radius 1 is 1.14 bits per heavy atom. The van der Waals surface area contributed by atoms with E-state index in [1.165, 1.54) is 0 Å². The van der Waals surface area contributed by atoms with Crippen LogP contribution in [-0.2, 0) is 11.2 Å². The normalized spacial score (nSPS) is 19.3. The Bertz CT molecular complexity index is 968. The van der Waals surface area contributed by atoms with Gasteiger partial charge in [-0.3, -0.25) is 9.59 Å². The number of imidazole rings is 1. The summed E-state index contributed by atoms with van der Waals surface area (Å²) in [6.45, 7) is 0.731. The van der Waals surface area contributed by atoms with Crippen LogP contribution >= 0.6 is 0 Å². The molecule has 2 amide bonds. The average molecular weight is 392 g/mol. The van der Waals surface area contributed by atoms with E-state index in [1.807, 2.05) is 30.3 Å². The Morgan fingerprint density at radius 3 is 2.66 bits per heavy atom. The van der Waals surface area contributed by atoms with Gasteiger partial charge in [-0.2, -0.15) is 0 Å². The number of aryl methyl sites for hydroxylation is 1. The second-order valence-electron chi connectivity index (χ2n) is 7.34. The molecule has 1 aliphatic rings. The zero-order chi connectivity index (χ0) is 20.2. The molecule has 0 unspecified atom stereocenters. The third-order valence-corrected chi connectivity index (χ3v) is 5.30. The quantitative estimate of drug-likeness (QED) is 0.618. The number of benzene rings is 2. The zero-order valence-corrected chi connectivity index (χ0v) is 16.0. The number of aromatic nitrogens is 2. The molecule has 4 rings (SSSR count). The van der Waals surface area contributed by atoms with Crippen LogP contribution in [-0.4, -0.2) is 57.0 Å². The standard InChI is InChI=1S/C22H24N4O3/c27-19-14-26(13-12-18(19)25-22(29)15-6-2-1-3-7-15)21(28)11-10-20-23-16-8-4-5-9-17(16)24-20/h1-9,18-19,27H,10-14H2,(H,23,24)(H,25,29)/t18-,19-/m1/s1. The van der Waals surface area contributed by atoms with Crippen molar-refractivity contribution < 1.29 is 14.7 Å². The molecule has 7 nitrogen and oxygen atoms in total. The SMILES string of the molecule is O=C(N[C@@H]1CCN(C(=O)CCc2nc3ccccc3[nH]2)C[C@H]1O)c1ccccc1. The summed E-state index contributed by atoms with van der Waals surface area (Å²) in [7, 11) is 0. The molecular formula is C22H24N4O3. The van der Waals surface area contributed by atoms with E-state index in [0.717, 1.165) is 16.9 Å². The van der Waals surface area contributed by atoms with Crippen molar-refractivity contribution in [2.75, 3.05) is 13.1 Å². The molecule has 150 valence electrons. The van der Waals surface area contributed by atoms with Gasteiger partial charge in [-0.15, -0.1) is 0 Å². The smallest absolute Gasteiger partial charge is 0.251 e. The van der Waals surface area contributed by atoms with E-state index in [9.17, 15) is 14.7 Å². The molecule has 2 aromatic carbocycles. The molecule has 1 aromatic heterocycles. The summed E-state index contributed by atoms with van der Waals surface area (Å²) in [5.41, 5.74) is 2.41. The molecule has 29 heavy (non-hydrogen) atoms. The molecule has 2 atom stereocenters. The second kappa shape index (κ2) is 8.45. The van der Waals surface area contributed by atoms with Crippen molar-refractivity contribution in [1.29, 1.82) is 0 Å². The molecular weight excluding hydrogens is 368 g/mol. The van der Waals surface area contributed by atoms with Crippen molar-refractivity contribution >= 4 is 22.8 Å². The summed E-state index contributed by atoms with van der Waals surface area (Å²) in [5, 5.41) is 13.3. The number of rotatable bonds is 5. The van der Waals surface area contributed by atoms with Crippen LogP contribution in [0.15, 0.2) is 54.6 Å². The summed E-state index contributed by atoms with van der Waals surface area (Å²) in [5.74, 6) is 0.557. The number of likely N-dealkylation sites (tertiary alicyclic amines) is 1. The maximum Gasteiger partial charge on any atom is 0.251 e. The average Bonchev–Trinajstić information content (AvgIpc) is 3.17. The molecule has 3 aromatic rings. The molecule has 3 N–H and O–H groups in total. The number of H-pyrrole nitrogens is 1. The number of fused-ring (bicyclic) bond motifs is 1. The van der Waals surface area contributed by atoms with Gasteiger partial charge in [0, 0.05) is 31.5 Å². The predicted octanol–water partition coefficient (Wildman–Crippen LogP) is 1.89. The van der Waals surface area contributed by atoms with Crippen molar-refractivity contribution in [3.63, 3.8) is 0 Å². The number of nitrogens with one attached hydrogen (secondary N) is 2. The van der Waals surface area contributed by atoms with Gasteiger partial charge in [-0.05, 0) is 30.7 Å². The van der Waals surface area contributed by atoms with Crippen LogP contribution in [0.1, 0.15) is 29.0 Å². The highest BCUT2D eigenvalue weighted by Gasteiger charge is 2.31. The van der Waals surface area contributed by atoms with Crippen molar-refractivity contribution in [3.05, 3.63) is 66.0 Å². The number of amides is 2. The molecule has 0 bridgehead atoms. The Labute approximate surface area is 168 Å². The first-order chi connectivity index (χ1) is 14.1. The van der Waals surface area contributed by atoms with Crippen LogP contribution in [0, 0.1) is 0 Å². The molecule has 0 saturated carbocycles. The first-order valence-corrected chi connectivity index (χ1v) is 9.85. The van der Waals surface area contributed by atoms with Crippen molar-refractivity contribution in [2.45, 2.75) is 31.4 Å². The van der Waals surface area contributed by atoms with E-state index in [-0.39, 0.29) is 24.4 Å². The minimum absolute atomic E-state index is 0.0163. The highest BCUT2D eigenvalue weighted by atomic mass is 16.3. The van der Waals surface area contributed by atoms with Crippen molar-refractivity contribution in [2.24, 2.45) is 0 Å². The number of hydrogen-bond donors (Lipinski definition) is 3. The van der Waals surface area contributed by atoms with Gasteiger partial charge in [0.25, 0.3) is 5.91 Å². The minimum atomic E-state index is -0.786. The number of aliphatic hydroxyl groups is 1. The van der Waals surface area contributed by atoms with Crippen LogP contribution in [0.25, 0.3) is 11.0 Å². The molecule has 0 spiro atoms. The highest BCUT2D eigenvalue weighted by Crippen LogP contribution is 2.15. The first kappa shape index (κ1) is 19.1. The fourth-order valence-corrected chi connectivity index (χ4v) is 3.68. The summed E-state index contributed by atoms with van der Waals surface area (Å²) in [6.07, 6.45) is 0.587. The summed E-state index contributed by atoms with van der Waals surface area (Å²) >= 11 is 0. The zero-order valence-electron chi connectivity index (χ0n) is 16.0. The molecule has 1 aliphatic heterocycles. The molecule has 0 aliphatic carbocycles. The predicted molar refractivity (Wildman–Crippen MR) is 109 cm³/mol. The second-order valence-corrected chi connectivity index (χ2v) is 7.34. The molecule has 7 heteroatoms. The van der Waals surface area contributed by atoms with Gasteiger partial charge >= 0.3 is 0 Å². The lowest BCUT2D eigenvalue weighted by atomic mass is 10.0. The number of nitrogens with zero attached hydrogens (tertiary/aromatic N) is 2. The number of carbonyl (C=O) groups excluding carboxylic acids is 2. The molecule has 0 radical (unpaired) electrons.